The van der Waals surface area contributed by atoms with Crippen molar-refractivity contribution in [3.63, 3.8) is 0 Å². The summed E-state index contributed by atoms with van der Waals surface area (Å²) in [4.78, 5) is 0. The van der Waals surface area contributed by atoms with Gasteiger partial charge >= 0.3 is 0 Å². The summed E-state index contributed by atoms with van der Waals surface area (Å²) in [5.41, 5.74) is 3.72. The molecule has 0 aliphatic heterocycles. The highest BCUT2D eigenvalue weighted by molar-refractivity contribution is 14.1. The Bertz CT molecular complexity index is 436. The maximum Gasteiger partial charge on any atom is 0.00900 e. The number of halogens is 1. The van der Waals surface area contributed by atoms with Gasteiger partial charge in [-0.1, -0.05) is 37.1 Å². The summed E-state index contributed by atoms with van der Waals surface area (Å²) in [6, 6.07) is 0. The average molecular weight is 340 g/mol. The zero-order chi connectivity index (χ0) is 12.2. The lowest BCUT2D eigenvalue weighted by Gasteiger charge is -2.32. The number of fused-ring (bicyclic) bond motifs is 3. The first-order chi connectivity index (χ1) is 8.00. The van der Waals surface area contributed by atoms with Crippen LogP contribution in [0.2, 0.25) is 0 Å². The number of allylic oxidation sites excluding steroid dienone is 6. The fourth-order valence-corrected chi connectivity index (χ4v) is 4.81. The third-order valence-corrected chi connectivity index (χ3v) is 5.90. The summed E-state index contributed by atoms with van der Waals surface area (Å²) < 4.78 is 1.45. The van der Waals surface area contributed by atoms with Crippen LogP contribution in [-0.2, 0) is 0 Å². The number of rotatable bonds is 0. The molecule has 0 aromatic carbocycles. The van der Waals surface area contributed by atoms with Gasteiger partial charge in [-0.3, -0.25) is 0 Å². The topological polar surface area (TPSA) is 0 Å². The summed E-state index contributed by atoms with van der Waals surface area (Å²) in [6.45, 7) is 7.23. The molecule has 0 N–H and O–H groups in total. The third-order valence-electron chi connectivity index (χ3n) is 5.15. The highest BCUT2D eigenvalue weighted by atomic mass is 127. The van der Waals surface area contributed by atoms with Gasteiger partial charge in [0, 0.05) is 3.58 Å². The Balaban J connectivity index is 2.06. The van der Waals surface area contributed by atoms with E-state index in [1.165, 1.54) is 22.8 Å². The molecular weight excluding hydrogens is 319 g/mol. The summed E-state index contributed by atoms with van der Waals surface area (Å²) in [7, 11) is 0. The van der Waals surface area contributed by atoms with Crippen molar-refractivity contribution >= 4 is 22.6 Å². The van der Waals surface area contributed by atoms with E-state index in [-0.39, 0.29) is 0 Å². The van der Waals surface area contributed by atoms with Crippen LogP contribution >= 0.6 is 22.6 Å². The van der Waals surface area contributed by atoms with Crippen molar-refractivity contribution in [3.8, 4) is 0 Å². The van der Waals surface area contributed by atoms with Crippen LogP contribution in [0.1, 0.15) is 40.0 Å². The van der Waals surface area contributed by atoms with Crippen molar-refractivity contribution in [1.82, 2.24) is 0 Å². The Kier molecular flexibility index (Phi) is 2.81. The molecule has 0 heterocycles. The van der Waals surface area contributed by atoms with Gasteiger partial charge in [-0.15, -0.1) is 0 Å². The van der Waals surface area contributed by atoms with Gasteiger partial charge in [0.1, 0.15) is 0 Å². The van der Waals surface area contributed by atoms with Gasteiger partial charge in [0.05, 0.1) is 0 Å². The molecule has 3 rings (SSSR count). The number of hydrogen-bond donors (Lipinski definition) is 0. The summed E-state index contributed by atoms with van der Waals surface area (Å²) in [5.74, 6) is 2.52. The van der Waals surface area contributed by atoms with Gasteiger partial charge < -0.3 is 0 Å². The van der Waals surface area contributed by atoms with E-state index in [0.29, 0.717) is 5.41 Å². The predicted molar refractivity (Wildman–Crippen MR) is 82.0 cm³/mol. The molecule has 3 aliphatic rings. The lowest BCUT2D eigenvalue weighted by molar-refractivity contribution is 0.255. The van der Waals surface area contributed by atoms with E-state index in [0.717, 1.165) is 17.8 Å². The Morgan fingerprint density at radius 3 is 2.88 bits per heavy atom. The average Bonchev–Trinajstić information content (AvgIpc) is 2.49. The lowest BCUT2D eigenvalue weighted by Crippen LogP contribution is -2.24. The Hall–Kier alpha value is -0.0500. The van der Waals surface area contributed by atoms with Crippen molar-refractivity contribution in [2.45, 2.75) is 40.0 Å². The van der Waals surface area contributed by atoms with E-state index >= 15 is 0 Å². The maximum absolute atomic E-state index is 2.58. The predicted octanol–water partition coefficient (Wildman–Crippen LogP) is 5.26. The maximum atomic E-state index is 2.58. The van der Waals surface area contributed by atoms with Gasteiger partial charge in [0.2, 0.25) is 0 Å². The first-order valence-electron chi connectivity index (χ1n) is 6.75. The summed E-state index contributed by atoms with van der Waals surface area (Å²) in [5, 5.41) is 0. The van der Waals surface area contributed by atoms with E-state index < -0.39 is 0 Å². The molecule has 0 spiro atoms. The van der Waals surface area contributed by atoms with Crippen LogP contribution in [0, 0.1) is 23.2 Å². The van der Waals surface area contributed by atoms with E-state index in [1.807, 2.05) is 0 Å². The first-order valence-corrected chi connectivity index (χ1v) is 7.83. The quantitative estimate of drug-likeness (QED) is 0.417. The van der Waals surface area contributed by atoms with Crippen LogP contribution in [0.5, 0.6) is 0 Å². The van der Waals surface area contributed by atoms with Gasteiger partial charge in [0.15, 0.2) is 0 Å². The molecule has 0 nitrogen and oxygen atoms in total. The molecule has 2 unspecified atom stereocenters. The van der Waals surface area contributed by atoms with Gasteiger partial charge in [0.25, 0.3) is 0 Å². The Morgan fingerprint density at radius 1 is 1.35 bits per heavy atom. The Labute approximate surface area is 118 Å². The van der Waals surface area contributed by atoms with Crippen molar-refractivity contribution in [3.05, 3.63) is 33.0 Å². The third kappa shape index (κ3) is 1.76. The smallest absolute Gasteiger partial charge is 0.00900 e. The lowest BCUT2D eigenvalue weighted by atomic mass is 9.72. The van der Waals surface area contributed by atoms with Crippen molar-refractivity contribution in [2.24, 2.45) is 23.2 Å². The summed E-state index contributed by atoms with van der Waals surface area (Å²) >= 11 is 2.48. The van der Waals surface area contributed by atoms with E-state index in [9.17, 15) is 0 Å². The highest BCUT2D eigenvalue weighted by Crippen LogP contribution is 2.60. The van der Waals surface area contributed by atoms with Crippen molar-refractivity contribution in [2.75, 3.05) is 0 Å². The molecule has 1 saturated carbocycles. The zero-order valence-corrected chi connectivity index (χ0v) is 13.1. The minimum absolute atomic E-state index is 0.377. The summed E-state index contributed by atoms with van der Waals surface area (Å²) in [6.07, 6.45) is 11.5. The second-order valence-electron chi connectivity index (χ2n) is 6.49. The van der Waals surface area contributed by atoms with Gasteiger partial charge in [-0.2, -0.15) is 0 Å². The largest absolute Gasteiger partial charge is 0.0813 e. The molecule has 0 saturated heterocycles. The normalized spacial score (nSPS) is 38.8. The monoisotopic (exact) mass is 340 g/mol. The molecule has 3 aliphatic carbocycles. The van der Waals surface area contributed by atoms with Gasteiger partial charge in [-0.25, -0.2) is 0 Å². The molecule has 0 bridgehead atoms. The van der Waals surface area contributed by atoms with Crippen LogP contribution in [0.3, 0.4) is 0 Å². The van der Waals surface area contributed by atoms with Crippen LogP contribution in [0.4, 0.5) is 0 Å². The zero-order valence-electron chi connectivity index (χ0n) is 11.0. The van der Waals surface area contributed by atoms with E-state index in [2.05, 4.69) is 61.6 Å². The molecule has 0 amide bonds. The molecule has 17 heavy (non-hydrogen) atoms. The fraction of sp³-hybridized carbons (Fsp3) is 0.625. The minimum atomic E-state index is 0.377. The molecule has 0 aromatic rings. The van der Waals surface area contributed by atoms with Crippen LogP contribution < -0.4 is 0 Å². The van der Waals surface area contributed by atoms with Crippen LogP contribution in [-0.4, -0.2) is 0 Å². The van der Waals surface area contributed by atoms with Crippen LogP contribution in [0.15, 0.2) is 33.0 Å². The minimum Gasteiger partial charge on any atom is -0.0813 e. The molecule has 0 aromatic heterocycles. The van der Waals surface area contributed by atoms with Gasteiger partial charge in [-0.05, 0) is 78.0 Å². The number of hydrogen-bond acceptors (Lipinski definition) is 0. The van der Waals surface area contributed by atoms with Crippen molar-refractivity contribution < 1.29 is 0 Å². The molecule has 0 radical (unpaired) electrons. The SMILES string of the molecule is CC1=C[C@H]2C(CC1)C1CC=C(I)C=C1C2(C)C. The van der Waals surface area contributed by atoms with E-state index in [1.54, 1.807) is 11.1 Å². The molecule has 92 valence electrons. The molecule has 1 fully saturated rings. The second kappa shape index (κ2) is 3.97. The molecule has 1 heteroatoms. The molecular formula is C16H21I. The fourth-order valence-electron chi connectivity index (χ4n) is 4.23. The highest BCUT2D eigenvalue weighted by Gasteiger charge is 2.51. The van der Waals surface area contributed by atoms with Crippen LogP contribution in [0.25, 0.3) is 0 Å². The molecule has 3 atom stereocenters. The Morgan fingerprint density at radius 2 is 2.12 bits per heavy atom. The van der Waals surface area contributed by atoms with Crippen molar-refractivity contribution in [1.29, 1.82) is 0 Å². The first kappa shape index (κ1) is 12.0. The second-order valence-corrected chi connectivity index (χ2v) is 7.74. The standard InChI is InChI=1S/C16H21I/c1-10-4-6-12-13-7-5-11(17)9-15(13)16(2,3)14(12)8-10/h5,8-9,12-14H,4,6-7H2,1-3H3/t12?,13?,14-/m0/s1. The van der Waals surface area contributed by atoms with E-state index in [4.69, 9.17) is 0 Å².